The van der Waals surface area contributed by atoms with E-state index in [1.54, 1.807) is 17.3 Å². The van der Waals surface area contributed by atoms with Gasteiger partial charge in [-0.05, 0) is 75.5 Å². The van der Waals surface area contributed by atoms with Gasteiger partial charge < -0.3 is 30.9 Å². The number of aromatic nitrogens is 3. The van der Waals surface area contributed by atoms with Crippen LogP contribution >= 0.6 is 0 Å². The van der Waals surface area contributed by atoms with Crippen LogP contribution in [0.15, 0.2) is 42.7 Å². The van der Waals surface area contributed by atoms with E-state index in [4.69, 9.17) is 24.6 Å². The molecule has 0 saturated carbocycles. The van der Waals surface area contributed by atoms with Gasteiger partial charge in [-0.25, -0.2) is 9.97 Å². The highest BCUT2D eigenvalue weighted by atomic mass is 16.5. The fourth-order valence-corrected chi connectivity index (χ4v) is 6.33. The van der Waals surface area contributed by atoms with Crippen LogP contribution < -0.4 is 21.3 Å². The lowest BCUT2D eigenvalue weighted by molar-refractivity contribution is 0.0904. The Balaban J connectivity index is 1.16. The van der Waals surface area contributed by atoms with Crippen LogP contribution in [0.1, 0.15) is 45.8 Å². The lowest BCUT2D eigenvalue weighted by atomic mass is 10.0. The van der Waals surface area contributed by atoms with Gasteiger partial charge in [-0.3, -0.25) is 14.7 Å². The minimum atomic E-state index is -2.00. The van der Waals surface area contributed by atoms with Gasteiger partial charge >= 0.3 is 0 Å². The maximum atomic E-state index is 12.6. The highest BCUT2D eigenvalue weighted by Crippen LogP contribution is 2.32. The minimum Gasteiger partial charge on any atom is -0.381 e. The molecule has 43 heavy (non-hydrogen) atoms. The maximum Gasteiger partial charge on any atom is 0.271 e. The van der Waals surface area contributed by atoms with E-state index in [0.717, 1.165) is 68.7 Å². The van der Waals surface area contributed by atoms with E-state index in [2.05, 4.69) is 44.5 Å². The Bertz CT molecular complexity index is 1500. The summed E-state index contributed by atoms with van der Waals surface area (Å²) in [6, 6.07) is 10.5. The number of rotatable bonds is 8. The van der Waals surface area contributed by atoms with Crippen molar-refractivity contribution in [1.82, 2.24) is 24.8 Å². The first-order valence-electron chi connectivity index (χ1n) is 16.7. The van der Waals surface area contributed by atoms with Crippen LogP contribution in [0.4, 0.5) is 23.0 Å². The Kier molecular flexibility index (Phi) is 7.90. The molecule has 5 heterocycles. The smallest absolute Gasteiger partial charge is 0.271 e. The summed E-state index contributed by atoms with van der Waals surface area (Å²) in [5.74, 6) is 0.201. The van der Waals surface area contributed by atoms with Gasteiger partial charge in [0.15, 0.2) is 17.3 Å². The third kappa shape index (κ3) is 6.90. The number of pyridine rings is 1. The molecule has 0 spiro atoms. The number of piperidine rings is 1. The highest BCUT2D eigenvalue weighted by molar-refractivity contribution is 5.97. The third-order valence-corrected chi connectivity index (χ3v) is 8.74. The van der Waals surface area contributed by atoms with Gasteiger partial charge in [0, 0.05) is 98.0 Å². The molecule has 0 unspecified atom stereocenters. The molecule has 3 saturated heterocycles. The number of piperazine rings is 1. The minimum absolute atomic E-state index is 0.0628. The van der Waals surface area contributed by atoms with Crippen molar-refractivity contribution in [2.24, 2.45) is 5.73 Å². The lowest BCUT2D eigenvalue weighted by Gasteiger charge is -2.43. The number of carbonyl (C=O) groups excluding carboxylic acids is 1. The molecule has 228 valence electrons. The molecule has 2 aromatic heterocycles. The molecule has 4 N–H and O–H groups in total. The summed E-state index contributed by atoms with van der Waals surface area (Å²) >= 11 is 0. The summed E-state index contributed by atoms with van der Waals surface area (Å²) < 4.78 is 28.6. The van der Waals surface area contributed by atoms with E-state index >= 15 is 0 Å². The van der Waals surface area contributed by atoms with Gasteiger partial charge in [-0.15, -0.1) is 0 Å². The molecule has 11 heteroatoms. The monoisotopic (exact) mass is 588 g/mol. The molecule has 0 atom stereocenters. The number of nitrogens with two attached hydrogens (primary N) is 1. The fraction of sp³-hybridized carbons (Fsp3) is 0.500. The van der Waals surface area contributed by atoms with Crippen LogP contribution in [-0.4, -0.2) is 102 Å². The predicted molar refractivity (Wildman–Crippen MR) is 170 cm³/mol. The number of nitrogens with one attached hydrogen (secondary N) is 2. The van der Waals surface area contributed by atoms with Crippen molar-refractivity contribution in [2.45, 2.75) is 44.7 Å². The van der Waals surface area contributed by atoms with Gasteiger partial charge in [0.2, 0.25) is 0 Å². The van der Waals surface area contributed by atoms with Crippen molar-refractivity contribution in [3.63, 3.8) is 0 Å². The second kappa shape index (κ2) is 13.2. The summed E-state index contributed by atoms with van der Waals surface area (Å²) in [6.07, 6.45) is 7.13. The van der Waals surface area contributed by atoms with Crippen LogP contribution in [0.5, 0.6) is 0 Å². The standard InChI is InChI=1S/C32H43N9O2/c1-22-21-25(3-4-27(22)41-13-7-26(8-14-41)40-17-15-39(2)16-18-40)36-32-29(30(33)42)37-28(23-5-11-34-12-6-23)31(38-32)35-24-9-19-43-20-10-24/h3-6,11-12,21,24,26H,7-10,13-20H2,1-2H3,(H2,33,42)(H2,35,36,38)/i2D3. The summed E-state index contributed by atoms with van der Waals surface area (Å²) in [7, 11) is 0. The van der Waals surface area contributed by atoms with Crippen molar-refractivity contribution >= 4 is 28.9 Å². The van der Waals surface area contributed by atoms with Gasteiger partial charge in [0.25, 0.3) is 5.91 Å². The van der Waals surface area contributed by atoms with E-state index < -0.39 is 12.9 Å². The molecule has 0 radical (unpaired) electrons. The van der Waals surface area contributed by atoms with Crippen LogP contribution in [0.3, 0.4) is 0 Å². The molecule has 3 fully saturated rings. The number of ether oxygens (including phenoxy) is 1. The molecule has 0 bridgehead atoms. The number of hydrogen-bond acceptors (Lipinski definition) is 10. The van der Waals surface area contributed by atoms with Crippen molar-refractivity contribution in [1.29, 1.82) is 0 Å². The zero-order valence-electron chi connectivity index (χ0n) is 27.8. The summed E-state index contributed by atoms with van der Waals surface area (Å²) in [4.78, 5) is 32.8. The summed E-state index contributed by atoms with van der Waals surface area (Å²) in [5.41, 5.74) is 10.3. The Morgan fingerprint density at radius 3 is 2.40 bits per heavy atom. The largest absolute Gasteiger partial charge is 0.381 e. The number of carbonyl (C=O) groups is 1. The molecule has 6 rings (SSSR count). The van der Waals surface area contributed by atoms with Gasteiger partial charge in [-0.2, -0.15) is 0 Å². The van der Waals surface area contributed by atoms with E-state index in [0.29, 0.717) is 49.7 Å². The SMILES string of the molecule is [2H]C([2H])([2H])N1CCN(C2CCN(c3ccc(Nc4nc(NC5CCOCC5)c(-c5ccncc5)nc4C(N)=O)cc3C)CC2)CC1. The molecule has 3 aromatic rings. The lowest BCUT2D eigenvalue weighted by Crippen LogP contribution is -2.52. The number of anilines is 4. The highest BCUT2D eigenvalue weighted by Gasteiger charge is 2.27. The zero-order chi connectivity index (χ0) is 32.3. The number of likely N-dealkylation sites (N-methyl/N-ethyl adjacent to an activating group) is 1. The number of amides is 1. The van der Waals surface area contributed by atoms with Crippen molar-refractivity contribution in [3.8, 4) is 11.3 Å². The maximum absolute atomic E-state index is 12.6. The van der Waals surface area contributed by atoms with E-state index in [1.165, 1.54) is 5.69 Å². The Morgan fingerprint density at radius 1 is 0.977 bits per heavy atom. The second-order valence-corrected chi connectivity index (χ2v) is 11.6. The van der Waals surface area contributed by atoms with Crippen LogP contribution in [-0.2, 0) is 4.74 Å². The molecule has 11 nitrogen and oxygen atoms in total. The molecule has 1 aromatic carbocycles. The predicted octanol–water partition coefficient (Wildman–Crippen LogP) is 3.50. The van der Waals surface area contributed by atoms with Gasteiger partial charge in [0.1, 0.15) is 5.69 Å². The van der Waals surface area contributed by atoms with Crippen LogP contribution in [0, 0.1) is 6.92 Å². The van der Waals surface area contributed by atoms with E-state index in [1.807, 2.05) is 18.2 Å². The van der Waals surface area contributed by atoms with Crippen molar-refractivity contribution in [3.05, 3.63) is 54.0 Å². The molecular formula is C32H43N9O2. The third-order valence-electron chi connectivity index (χ3n) is 8.74. The first-order valence-corrected chi connectivity index (χ1v) is 15.2. The number of primary amides is 1. The molecular weight excluding hydrogens is 542 g/mol. The summed E-state index contributed by atoms with van der Waals surface area (Å²) in [6.45, 7) is 6.08. The fourth-order valence-electron chi connectivity index (χ4n) is 6.33. The first-order chi connectivity index (χ1) is 22.2. The average molecular weight is 589 g/mol. The topological polar surface area (TPSA) is 125 Å². The Labute approximate surface area is 258 Å². The number of benzene rings is 1. The molecule has 0 aliphatic carbocycles. The Morgan fingerprint density at radius 2 is 1.72 bits per heavy atom. The van der Waals surface area contributed by atoms with E-state index in [-0.39, 0.29) is 11.7 Å². The zero-order valence-corrected chi connectivity index (χ0v) is 24.8. The number of nitrogens with zero attached hydrogens (tertiary/aromatic N) is 6. The second-order valence-electron chi connectivity index (χ2n) is 11.6. The number of hydrogen-bond donors (Lipinski definition) is 3. The van der Waals surface area contributed by atoms with Gasteiger partial charge in [-0.1, -0.05) is 0 Å². The quantitative estimate of drug-likeness (QED) is 0.360. The molecule has 3 aliphatic rings. The average Bonchev–Trinajstić information content (AvgIpc) is 3.05. The molecule has 1 amide bonds. The normalized spacial score (nSPS) is 20.7. The van der Waals surface area contributed by atoms with Gasteiger partial charge in [0.05, 0.1) is 0 Å². The van der Waals surface area contributed by atoms with Crippen LogP contribution in [0.25, 0.3) is 11.3 Å². The van der Waals surface area contributed by atoms with Crippen molar-refractivity contribution < 1.29 is 13.6 Å². The van der Waals surface area contributed by atoms with Crippen LogP contribution in [0.2, 0.25) is 0 Å². The first kappa shape index (κ1) is 25.7. The summed E-state index contributed by atoms with van der Waals surface area (Å²) in [5, 5.41) is 6.86. The van der Waals surface area contributed by atoms with Crippen molar-refractivity contribution in [2.75, 3.05) is 75.0 Å². The number of aryl methyl sites for hydroxylation is 1. The molecule has 3 aliphatic heterocycles. The van der Waals surface area contributed by atoms with E-state index in [9.17, 15) is 4.79 Å². The Hall–Kier alpha value is -3.80.